The lowest BCUT2D eigenvalue weighted by Crippen LogP contribution is -2.70. The fourth-order valence-corrected chi connectivity index (χ4v) is 15.7. The molecule has 1 aliphatic carbocycles. The number of phenols is 23. The maximum atomic E-state index is 16.0. The number of aliphatic hydroxyl groups excluding tert-OH is 1. The molecule has 0 saturated carbocycles. The summed E-state index contributed by atoms with van der Waals surface area (Å²) in [6, 6.07) is 2.50. The van der Waals surface area contributed by atoms with E-state index in [1.165, 1.54) is 0 Å². The van der Waals surface area contributed by atoms with Crippen molar-refractivity contribution in [1.82, 2.24) is 0 Å². The molecule has 27 N–H and O–H groups in total. The van der Waals surface area contributed by atoms with Crippen LogP contribution < -0.4 is 18.9 Å². The van der Waals surface area contributed by atoms with Crippen LogP contribution >= 0.6 is 0 Å². The van der Waals surface area contributed by atoms with Gasteiger partial charge in [-0.2, -0.15) is 0 Å². The average molecular weight is 1890 g/mol. The van der Waals surface area contributed by atoms with Crippen molar-refractivity contribution in [2.24, 2.45) is 0 Å². The van der Waals surface area contributed by atoms with Crippen molar-refractivity contribution in [3.8, 4) is 189 Å². The molecule has 135 heavy (non-hydrogen) atoms. The highest BCUT2D eigenvalue weighted by Crippen LogP contribution is 2.63. The molecule has 2 saturated heterocycles. The quantitative estimate of drug-likeness (QED) is 0.0384. The fourth-order valence-electron chi connectivity index (χ4n) is 15.7. The Labute approximate surface area is 739 Å². The summed E-state index contributed by atoms with van der Waals surface area (Å²) < 4.78 is 85.8. The molecular weight excluding hydrogens is 1830 g/mol. The first kappa shape index (κ1) is 88.7. The summed E-state index contributed by atoms with van der Waals surface area (Å²) >= 11 is 0. The molecule has 18 rings (SSSR count). The van der Waals surface area contributed by atoms with E-state index in [-0.39, 0.29) is 48.5 Å². The normalized spacial score (nSPS) is 23.1. The second-order valence-electron chi connectivity index (χ2n) is 30.1. The van der Waals surface area contributed by atoms with Crippen molar-refractivity contribution in [2.45, 2.75) is 78.9 Å². The first-order valence-electron chi connectivity index (χ1n) is 37.7. The summed E-state index contributed by atoms with van der Waals surface area (Å²) in [5.74, 6) is -82.7. The lowest BCUT2D eigenvalue weighted by Gasteiger charge is -2.49. The average Bonchev–Trinajstić information content (AvgIpc) is 1.35. The van der Waals surface area contributed by atoms with Crippen LogP contribution in [0.5, 0.6) is 167 Å². The van der Waals surface area contributed by atoms with Gasteiger partial charge in [0.2, 0.25) is 69.9 Å². The summed E-state index contributed by atoms with van der Waals surface area (Å²) in [6.45, 7) is -3.33. The van der Waals surface area contributed by atoms with Crippen LogP contribution in [0.2, 0.25) is 0 Å². The van der Waals surface area contributed by atoms with Crippen molar-refractivity contribution in [3.63, 3.8) is 0 Å². The fraction of sp³-hybridized carbons (Fsp3) is 0.183. The molecule has 8 heterocycles. The number of ether oxygens (including phenoxy) is 15. The van der Waals surface area contributed by atoms with Crippen LogP contribution in [0.25, 0.3) is 22.3 Å². The maximum Gasteiger partial charge on any atom is 0.347 e. The van der Waals surface area contributed by atoms with Gasteiger partial charge in [-0.25, -0.2) is 47.9 Å². The number of esters is 10. The zero-order valence-electron chi connectivity index (χ0n) is 65.9. The molecule has 0 spiro atoms. The number of aliphatic hydroxyl groups is 4. The Balaban J connectivity index is 0.902. The maximum absolute atomic E-state index is 16.0. The smallest absolute Gasteiger partial charge is 0.347 e. The minimum atomic E-state index is -4.25. The van der Waals surface area contributed by atoms with E-state index in [1.54, 1.807) is 0 Å². The van der Waals surface area contributed by atoms with Crippen molar-refractivity contribution in [3.05, 3.63) is 134 Å². The first-order chi connectivity index (χ1) is 63.5. The lowest BCUT2D eigenvalue weighted by molar-refractivity contribution is -0.339. The van der Waals surface area contributed by atoms with Crippen LogP contribution in [-0.4, -0.2) is 290 Å². The molecule has 12 unspecified atom stereocenters. The molecule has 2 fully saturated rings. The molecular formula is C82H54O53. The number of hydrogen-bond acceptors (Lipinski definition) is 53. The topological polar surface area (TPSA) is 872 Å². The van der Waals surface area contributed by atoms with Crippen molar-refractivity contribution < 1.29 is 262 Å². The molecule has 8 aliphatic heterocycles. The molecule has 9 aromatic rings. The van der Waals surface area contributed by atoms with Gasteiger partial charge in [0.05, 0.1) is 50.4 Å². The molecule has 12 atom stereocenters. The molecule has 9 aliphatic rings. The van der Waals surface area contributed by atoms with E-state index < -0.39 is 408 Å². The minimum absolute atomic E-state index is 0.0500. The summed E-state index contributed by atoms with van der Waals surface area (Å²) in [5.41, 5.74) is -21.6. The van der Waals surface area contributed by atoms with Gasteiger partial charge in [0.1, 0.15) is 36.5 Å². The highest BCUT2D eigenvalue weighted by molar-refractivity contribution is 6.13. The monoisotopic (exact) mass is 1890 g/mol. The molecule has 9 aromatic carbocycles. The zero-order chi connectivity index (χ0) is 97.6. The third-order valence-electron chi connectivity index (χ3n) is 22.2. The first-order valence-corrected chi connectivity index (χ1v) is 37.7. The number of carbonyl (C=O) groups is 11. The van der Waals surface area contributed by atoms with E-state index in [9.17, 15) is 157 Å². The van der Waals surface area contributed by atoms with E-state index in [0.29, 0.717) is 24.3 Å². The van der Waals surface area contributed by atoms with E-state index in [1.807, 2.05) is 0 Å². The van der Waals surface area contributed by atoms with Gasteiger partial charge in [-0.3, -0.25) is 4.79 Å². The van der Waals surface area contributed by atoms with E-state index in [4.69, 9.17) is 71.1 Å². The predicted octanol–water partition coefficient (Wildman–Crippen LogP) is 1.01. The van der Waals surface area contributed by atoms with Gasteiger partial charge in [0.15, 0.2) is 152 Å². The van der Waals surface area contributed by atoms with Crippen LogP contribution in [0, 0.1) is 0 Å². The molecule has 0 aromatic heterocycles. The van der Waals surface area contributed by atoms with Gasteiger partial charge in [0, 0.05) is 52.1 Å². The lowest BCUT2D eigenvalue weighted by atomic mass is 9.70. The van der Waals surface area contributed by atoms with Crippen LogP contribution in [0.3, 0.4) is 0 Å². The number of benzene rings is 9. The molecule has 11 bridgehead atoms. The molecule has 0 radical (unpaired) electrons. The number of aromatic hydroxyl groups is 23. The number of fused-ring (bicyclic) bond motifs is 9. The molecule has 700 valence electrons. The van der Waals surface area contributed by atoms with Crippen molar-refractivity contribution in [2.75, 3.05) is 13.2 Å². The number of phenolic OH excluding ortho intramolecular Hbond substituents is 23. The third-order valence-corrected chi connectivity index (χ3v) is 22.2. The number of carbonyl (C=O) groups excluding carboxylic acids is 11. The predicted molar refractivity (Wildman–Crippen MR) is 409 cm³/mol. The van der Waals surface area contributed by atoms with Gasteiger partial charge in [-0.15, -0.1) is 0 Å². The highest BCUT2D eigenvalue weighted by atomic mass is 16.8. The molecule has 0 amide bonds. The second kappa shape index (κ2) is 31.2. The largest absolute Gasteiger partial charge is 0.504 e. The Morgan fingerprint density at radius 3 is 1.25 bits per heavy atom. The number of ketones is 1. The Hall–Kier alpha value is -18.3. The Kier molecular flexibility index (Phi) is 20.5. The van der Waals surface area contributed by atoms with Crippen LogP contribution in [0.15, 0.2) is 78.4 Å². The summed E-state index contributed by atoms with van der Waals surface area (Å²) in [7, 11) is 0. The second-order valence-corrected chi connectivity index (χ2v) is 30.1. The number of hydrogen-bond donors (Lipinski definition) is 27. The van der Waals surface area contributed by atoms with Crippen LogP contribution in [0.4, 0.5) is 0 Å². The Morgan fingerprint density at radius 2 is 0.719 bits per heavy atom. The Bertz CT molecular complexity index is 6890. The van der Waals surface area contributed by atoms with Gasteiger partial charge in [0.25, 0.3) is 5.79 Å². The van der Waals surface area contributed by atoms with Crippen LogP contribution in [-0.2, 0) is 61.7 Å². The summed E-state index contributed by atoms with van der Waals surface area (Å²) in [4.78, 5) is 166. The zero-order valence-corrected chi connectivity index (χ0v) is 65.9. The number of rotatable bonds is 4. The van der Waals surface area contributed by atoms with E-state index >= 15 is 33.6 Å². The Morgan fingerprint density at radius 1 is 0.326 bits per heavy atom. The van der Waals surface area contributed by atoms with Crippen LogP contribution in [0.1, 0.15) is 105 Å². The third kappa shape index (κ3) is 13.7. The van der Waals surface area contributed by atoms with Crippen molar-refractivity contribution >= 4 is 65.5 Å². The standard InChI is InChI=1S/C82H54O53/c83-25-1-15(2-26(84)45(25)93)69(107)130-65-62-36-13-121-71(109)20-10-34(52(100)55(103)41(20)39-17(73(111)128-62)5-29(87)47(95)53(39)101)124-77(115)24-9-32(90)50(98)58(106)60(24)127-61-35(123-59-23(8-31(89)49(97)57(59)105)78(116)132-67(65)79(117)125-36)11-21-42(56(61)104)40-18(6-30(88)48(96)54(40)102)74(112)131-66-63-37(14-122-72(21)110)126-80(134-70(108)16-3-27(85)46(94)28(86)4-16)68(66)133-75(113)19-7-33(91)51(99)64-43(19)44-22(76(114)129-63)12-38(92)82(120,135-64)81(44,118)119/h1-12,36-37,44,62-63,65-68,79-80,83-91,93-106,117-120H,13-14H2. The summed E-state index contributed by atoms with van der Waals surface area (Å²) in [6.07, 6.45) is -28.5. The van der Waals surface area contributed by atoms with Gasteiger partial charge in [-0.05, 0) is 48.5 Å². The molecule has 53 heteroatoms. The van der Waals surface area contributed by atoms with Gasteiger partial charge < -0.3 is 209 Å². The SMILES string of the molecule is O=C1OC2C3COC(=O)c4cc5c(c(O)c4-c4c(cc(O)c(O)c4O)C(=O)OC2C(OC(=O)c2cc(O)c(O)c4c2C2C1=CC(=O)C(O)(O4)C2(O)O)C(OC(=O)c1cc(O)c(O)c(O)c1)O3)Oc1c(cc(O)c(O)c1O)C(=O)Oc1cc2c(c(O)c1O)-c1c(cc(O)c(O)c1O)C(=O)OC1C(COC2=O)OC(O)C(OC(=O)c2cc(O)c(O)c(O)c2O5)C1OC(=O)c1cc(O)c(O)c(O)c1. The summed E-state index contributed by atoms with van der Waals surface area (Å²) in [5, 5.41) is 309. The molecule has 53 nitrogen and oxygen atoms in total. The van der Waals surface area contributed by atoms with E-state index in [0.717, 1.165) is 0 Å². The highest BCUT2D eigenvalue weighted by Gasteiger charge is 2.71. The minimum Gasteiger partial charge on any atom is -0.504 e. The van der Waals surface area contributed by atoms with E-state index in [2.05, 4.69) is 0 Å². The van der Waals surface area contributed by atoms with Gasteiger partial charge in [-0.1, -0.05) is 0 Å². The number of cyclic esters (lactones) is 1. The van der Waals surface area contributed by atoms with Crippen molar-refractivity contribution in [1.29, 1.82) is 0 Å². The van der Waals surface area contributed by atoms with Gasteiger partial charge >= 0.3 is 65.5 Å².